The van der Waals surface area contributed by atoms with Crippen LogP contribution in [0.4, 0.5) is 5.69 Å². The van der Waals surface area contributed by atoms with E-state index >= 15 is 0 Å². The van der Waals surface area contributed by atoms with Crippen LogP contribution in [-0.4, -0.2) is 33.3 Å². The summed E-state index contributed by atoms with van der Waals surface area (Å²) in [5.74, 6) is 0.674. The molecule has 1 aromatic heterocycles. The summed E-state index contributed by atoms with van der Waals surface area (Å²) in [6.45, 7) is 2.79. The molecule has 1 unspecified atom stereocenters. The lowest BCUT2D eigenvalue weighted by Gasteiger charge is -2.32. The Labute approximate surface area is 138 Å². The van der Waals surface area contributed by atoms with Crippen LogP contribution in [0.5, 0.6) is 5.75 Å². The first-order valence-electron chi connectivity index (χ1n) is 6.39. The van der Waals surface area contributed by atoms with Crippen molar-refractivity contribution in [1.29, 1.82) is 0 Å². The van der Waals surface area contributed by atoms with E-state index in [0.29, 0.717) is 22.6 Å². The number of halogens is 2. The van der Waals surface area contributed by atoms with Crippen molar-refractivity contribution in [2.45, 2.75) is 19.6 Å². The number of hydrogen-bond acceptors (Lipinski definition) is 4. The Bertz CT molecular complexity index is 689. The van der Waals surface area contributed by atoms with E-state index in [1.807, 2.05) is 24.3 Å². The van der Waals surface area contributed by atoms with E-state index < -0.39 is 6.10 Å². The summed E-state index contributed by atoms with van der Waals surface area (Å²) in [4.78, 5) is 18.2. The van der Waals surface area contributed by atoms with E-state index in [9.17, 15) is 4.79 Å². The van der Waals surface area contributed by atoms with Crippen LogP contribution in [0.15, 0.2) is 33.7 Å². The SMILES string of the molecule is CC1Oc2ccccc2N(CCn2nc(Br)nc2Br)C1=O. The molecule has 21 heavy (non-hydrogen) atoms. The highest BCUT2D eigenvalue weighted by atomic mass is 79.9. The van der Waals surface area contributed by atoms with E-state index in [-0.39, 0.29) is 5.91 Å². The second-order valence-corrected chi connectivity index (χ2v) is 6.01. The molecule has 0 bridgehead atoms. The van der Waals surface area contributed by atoms with E-state index in [4.69, 9.17) is 4.74 Å². The fourth-order valence-electron chi connectivity index (χ4n) is 2.22. The average molecular weight is 416 g/mol. The molecule has 0 saturated carbocycles. The summed E-state index contributed by atoms with van der Waals surface area (Å²) >= 11 is 6.55. The van der Waals surface area contributed by atoms with Gasteiger partial charge in [-0.3, -0.25) is 4.79 Å². The number of para-hydroxylation sites is 2. The van der Waals surface area contributed by atoms with Gasteiger partial charge in [0.1, 0.15) is 5.75 Å². The second-order valence-electron chi connectivity index (χ2n) is 4.59. The third-order valence-electron chi connectivity index (χ3n) is 3.21. The maximum Gasteiger partial charge on any atom is 0.267 e. The van der Waals surface area contributed by atoms with E-state index in [2.05, 4.69) is 41.9 Å². The van der Waals surface area contributed by atoms with Crippen molar-refractivity contribution in [2.75, 3.05) is 11.4 Å². The number of ether oxygens (including phenoxy) is 1. The minimum atomic E-state index is -0.481. The third kappa shape index (κ3) is 2.82. The Kier molecular flexibility index (Phi) is 3.99. The van der Waals surface area contributed by atoms with Gasteiger partial charge in [0.05, 0.1) is 12.2 Å². The lowest BCUT2D eigenvalue weighted by Crippen LogP contribution is -2.45. The first-order valence-corrected chi connectivity index (χ1v) is 7.98. The van der Waals surface area contributed by atoms with E-state index in [1.54, 1.807) is 16.5 Å². The highest BCUT2D eigenvalue weighted by molar-refractivity contribution is 9.11. The van der Waals surface area contributed by atoms with Crippen LogP contribution in [-0.2, 0) is 11.3 Å². The Morgan fingerprint density at radius 2 is 2.05 bits per heavy atom. The number of carbonyl (C=O) groups excluding carboxylic acids is 1. The molecule has 0 radical (unpaired) electrons. The number of nitrogens with zero attached hydrogens (tertiary/aromatic N) is 4. The van der Waals surface area contributed by atoms with Crippen LogP contribution in [0, 0.1) is 0 Å². The topological polar surface area (TPSA) is 60.2 Å². The van der Waals surface area contributed by atoms with Gasteiger partial charge in [-0.05, 0) is 50.9 Å². The fraction of sp³-hybridized carbons (Fsp3) is 0.308. The van der Waals surface area contributed by atoms with Gasteiger partial charge in [-0.15, -0.1) is 5.10 Å². The van der Waals surface area contributed by atoms with Gasteiger partial charge >= 0.3 is 0 Å². The van der Waals surface area contributed by atoms with Crippen molar-refractivity contribution in [1.82, 2.24) is 14.8 Å². The Hall–Kier alpha value is -1.41. The Morgan fingerprint density at radius 3 is 2.76 bits per heavy atom. The molecule has 0 saturated heterocycles. The quantitative estimate of drug-likeness (QED) is 0.773. The number of rotatable bonds is 3. The predicted octanol–water partition coefficient (Wildman–Crippen LogP) is 2.62. The van der Waals surface area contributed by atoms with Gasteiger partial charge in [0.2, 0.25) is 4.73 Å². The van der Waals surface area contributed by atoms with Crippen LogP contribution in [0.3, 0.4) is 0 Å². The van der Waals surface area contributed by atoms with Gasteiger partial charge in [0, 0.05) is 6.54 Å². The van der Waals surface area contributed by atoms with Gasteiger partial charge in [-0.2, -0.15) is 4.98 Å². The number of fused-ring (bicyclic) bond motifs is 1. The van der Waals surface area contributed by atoms with Gasteiger partial charge in [0.15, 0.2) is 10.8 Å². The number of benzene rings is 1. The summed E-state index contributed by atoms with van der Waals surface area (Å²) in [5.41, 5.74) is 0.788. The number of hydrogen-bond donors (Lipinski definition) is 0. The summed E-state index contributed by atoms with van der Waals surface area (Å²) in [5, 5.41) is 4.20. The highest BCUT2D eigenvalue weighted by Crippen LogP contribution is 2.33. The second kappa shape index (κ2) is 5.76. The van der Waals surface area contributed by atoms with Crippen LogP contribution in [0.2, 0.25) is 0 Å². The zero-order valence-corrected chi connectivity index (χ0v) is 14.3. The average Bonchev–Trinajstić information content (AvgIpc) is 2.77. The molecule has 1 atom stereocenters. The van der Waals surface area contributed by atoms with Gasteiger partial charge in [-0.25, -0.2) is 4.68 Å². The third-order valence-corrected chi connectivity index (χ3v) is 4.13. The molecule has 0 aliphatic carbocycles. The van der Waals surface area contributed by atoms with Crippen molar-refractivity contribution in [3.63, 3.8) is 0 Å². The van der Waals surface area contributed by atoms with Crippen LogP contribution in [0.25, 0.3) is 0 Å². The number of carbonyl (C=O) groups is 1. The summed E-state index contributed by atoms with van der Waals surface area (Å²) in [6, 6.07) is 7.53. The molecule has 0 N–H and O–H groups in total. The summed E-state index contributed by atoms with van der Waals surface area (Å²) in [7, 11) is 0. The van der Waals surface area contributed by atoms with Gasteiger partial charge in [-0.1, -0.05) is 12.1 Å². The lowest BCUT2D eigenvalue weighted by atomic mass is 10.2. The summed E-state index contributed by atoms with van der Waals surface area (Å²) in [6.07, 6.45) is -0.481. The van der Waals surface area contributed by atoms with Crippen molar-refractivity contribution in [2.24, 2.45) is 0 Å². The molecule has 110 valence electrons. The Morgan fingerprint density at radius 1 is 1.29 bits per heavy atom. The zero-order chi connectivity index (χ0) is 15.0. The molecule has 8 heteroatoms. The minimum Gasteiger partial charge on any atom is -0.479 e. The van der Waals surface area contributed by atoms with E-state index in [1.165, 1.54) is 0 Å². The smallest absolute Gasteiger partial charge is 0.267 e. The largest absolute Gasteiger partial charge is 0.479 e. The molecule has 3 rings (SSSR count). The molecule has 2 heterocycles. The molecule has 1 amide bonds. The monoisotopic (exact) mass is 414 g/mol. The first kappa shape index (κ1) is 14.5. The van der Waals surface area contributed by atoms with Crippen LogP contribution in [0.1, 0.15) is 6.92 Å². The molecule has 1 aliphatic heterocycles. The van der Waals surface area contributed by atoms with Crippen molar-refractivity contribution in [3.8, 4) is 5.75 Å². The molecule has 1 aliphatic rings. The zero-order valence-electron chi connectivity index (χ0n) is 11.2. The maximum atomic E-state index is 12.3. The highest BCUT2D eigenvalue weighted by Gasteiger charge is 2.31. The fourth-order valence-corrected chi connectivity index (χ4v) is 3.25. The molecule has 0 spiro atoms. The van der Waals surface area contributed by atoms with Gasteiger partial charge < -0.3 is 9.64 Å². The Balaban J connectivity index is 1.84. The van der Waals surface area contributed by atoms with Gasteiger partial charge in [0.25, 0.3) is 5.91 Å². The van der Waals surface area contributed by atoms with Crippen LogP contribution < -0.4 is 9.64 Å². The molecule has 0 fully saturated rings. The predicted molar refractivity (Wildman–Crippen MR) is 84.3 cm³/mol. The maximum absolute atomic E-state index is 12.3. The normalized spacial score (nSPS) is 17.6. The number of amides is 1. The molecular weight excluding hydrogens is 404 g/mol. The first-order chi connectivity index (χ1) is 10.1. The molecule has 2 aromatic rings. The standard InChI is InChI=1S/C13H12Br2N4O2/c1-8-11(20)18(9-4-2-3-5-10(9)21-8)6-7-19-13(15)16-12(14)17-19/h2-5,8H,6-7H2,1H3. The summed E-state index contributed by atoms with van der Waals surface area (Å²) < 4.78 is 8.44. The lowest BCUT2D eigenvalue weighted by molar-refractivity contribution is -0.125. The minimum absolute atomic E-state index is 0.0518. The molecule has 6 nitrogen and oxygen atoms in total. The molecule has 1 aromatic carbocycles. The van der Waals surface area contributed by atoms with Crippen molar-refractivity contribution in [3.05, 3.63) is 33.7 Å². The molecular formula is C13H12Br2N4O2. The van der Waals surface area contributed by atoms with Crippen LogP contribution >= 0.6 is 31.9 Å². The van der Waals surface area contributed by atoms with Crippen molar-refractivity contribution >= 4 is 43.5 Å². The van der Waals surface area contributed by atoms with E-state index in [0.717, 1.165) is 11.4 Å². The van der Waals surface area contributed by atoms with Crippen molar-refractivity contribution < 1.29 is 9.53 Å². The number of aromatic nitrogens is 3. The number of anilines is 1.